The number of carbonyl (C=O) groups is 3. The number of fused-ring (bicyclic) bond motifs is 2. The second kappa shape index (κ2) is 16.0. The molecule has 3 aromatic carbocycles. The van der Waals surface area contributed by atoms with Gasteiger partial charge in [-0.05, 0) is 60.0 Å². The maximum absolute atomic E-state index is 13.8. The van der Waals surface area contributed by atoms with Gasteiger partial charge in [0.25, 0.3) is 5.91 Å². The highest BCUT2D eigenvalue weighted by Gasteiger charge is 2.27. The maximum Gasteiger partial charge on any atom is 0.338 e. The van der Waals surface area contributed by atoms with Crippen molar-refractivity contribution in [2.45, 2.75) is 26.6 Å². The predicted molar refractivity (Wildman–Crippen MR) is 204 cm³/mol. The van der Waals surface area contributed by atoms with Crippen LogP contribution < -0.4 is 15.5 Å². The van der Waals surface area contributed by atoms with Crippen LogP contribution in [0.1, 0.15) is 32.6 Å². The van der Waals surface area contributed by atoms with Crippen LogP contribution in [0.4, 0.5) is 26.8 Å². The van der Waals surface area contributed by atoms with Crippen LogP contribution in [0.3, 0.4) is 0 Å². The molecular weight excluding hydrogens is 703 g/mol. The monoisotopic (exact) mass is 743 g/mol. The number of carbonyl (C=O) groups excluding carboxylic acids is 3. The third-order valence-corrected chi connectivity index (χ3v) is 9.53. The number of hydrogen-bond acceptors (Lipinski definition) is 10. The molecule has 16 heteroatoms. The second-order valence-corrected chi connectivity index (χ2v) is 13.3. The minimum Gasteiger partial charge on any atom is -0.508 e. The largest absolute Gasteiger partial charge is 0.508 e. The van der Waals surface area contributed by atoms with Crippen molar-refractivity contribution in [3.8, 4) is 11.5 Å². The summed E-state index contributed by atoms with van der Waals surface area (Å²) in [6.45, 7) is 5.83. The normalized spacial score (nSPS) is 13.8. The summed E-state index contributed by atoms with van der Waals surface area (Å²) in [7, 11) is 1.87. The Morgan fingerprint density at radius 1 is 0.873 bits per heavy atom. The summed E-state index contributed by atoms with van der Waals surface area (Å²) in [5.41, 5.74) is 5.85. The van der Waals surface area contributed by atoms with Crippen LogP contribution in [-0.4, -0.2) is 93.0 Å². The molecule has 6 aromatic rings. The number of urea groups is 1. The lowest BCUT2D eigenvalue weighted by molar-refractivity contribution is 0.0985. The van der Waals surface area contributed by atoms with Crippen molar-refractivity contribution >= 4 is 35.2 Å². The van der Waals surface area contributed by atoms with Gasteiger partial charge in [0.2, 0.25) is 0 Å². The van der Waals surface area contributed by atoms with E-state index in [0.717, 1.165) is 39.4 Å². The van der Waals surface area contributed by atoms with Gasteiger partial charge in [-0.15, -0.1) is 0 Å². The Kier molecular flexibility index (Phi) is 10.6. The Morgan fingerprint density at radius 2 is 1.56 bits per heavy atom. The van der Waals surface area contributed by atoms with Gasteiger partial charge in [0.05, 0.1) is 24.1 Å². The number of benzene rings is 3. The third-order valence-electron chi connectivity index (χ3n) is 9.53. The summed E-state index contributed by atoms with van der Waals surface area (Å²) in [6, 6.07) is 17.6. The molecule has 0 unspecified atom stereocenters. The van der Waals surface area contributed by atoms with Crippen molar-refractivity contribution in [2.24, 2.45) is 7.05 Å². The van der Waals surface area contributed by atoms with Gasteiger partial charge in [-0.1, -0.05) is 18.2 Å². The highest BCUT2D eigenvalue weighted by Crippen LogP contribution is 2.36. The quantitative estimate of drug-likeness (QED) is 0.194. The van der Waals surface area contributed by atoms with Crippen LogP contribution in [0.5, 0.6) is 11.5 Å². The van der Waals surface area contributed by atoms with Crippen molar-refractivity contribution < 1.29 is 24.6 Å². The number of aromatic nitrogens is 6. The Morgan fingerprint density at radius 3 is 2.22 bits per heavy atom. The van der Waals surface area contributed by atoms with Crippen LogP contribution in [0.2, 0.25) is 0 Å². The lowest BCUT2D eigenvalue weighted by Crippen LogP contribution is -2.51. The summed E-state index contributed by atoms with van der Waals surface area (Å²) in [5.74, 6) is 0.828. The first-order valence-electron chi connectivity index (χ1n) is 17.7. The second-order valence-electron chi connectivity index (χ2n) is 13.3. The highest BCUT2D eigenvalue weighted by molar-refractivity contribution is 6.08. The number of phenolic OH excluding ortho intramolecular Hbond substituents is 2. The van der Waals surface area contributed by atoms with E-state index in [1.54, 1.807) is 57.6 Å². The van der Waals surface area contributed by atoms with Gasteiger partial charge in [-0.2, -0.15) is 5.10 Å². The molecule has 0 spiro atoms. The van der Waals surface area contributed by atoms with E-state index in [0.29, 0.717) is 51.4 Å². The fraction of sp³-hybridized carbons (Fsp3) is 0.231. The van der Waals surface area contributed by atoms with E-state index in [1.807, 2.05) is 56.4 Å². The molecule has 8 rings (SSSR count). The number of para-hydroxylation sites is 2. The van der Waals surface area contributed by atoms with Gasteiger partial charge in [-0.3, -0.25) is 23.5 Å². The number of piperazine rings is 1. The van der Waals surface area contributed by atoms with Gasteiger partial charge in [0.15, 0.2) is 0 Å². The summed E-state index contributed by atoms with van der Waals surface area (Å²) in [5, 5.41) is 30.3. The molecule has 3 amide bonds. The number of amides is 3. The molecule has 55 heavy (non-hydrogen) atoms. The Balaban J connectivity index is 0.000000328. The topological polar surface area (TPSA) is 179 Å². The van der Waals surface area contributed by atoms with Gasteiger partial charge in [0, 0.05) is 88.3 Å². The summed E-state index contributed by atoms with van der Waals surface area (Å²) in [6.07, 6.45) is 10.9. The number of nitrogens with zero attached hydrogens (tertiary/aromatic N) is 9. The number of aryl methyl sites for hydroxylation is 2. The molecule has 1 saturated heterocycles. The van der Waals surface area contributed by atoms with E-state index < -0.39 is 0 Å². The SMILES string of the molecule is Cc1cc(C(=O)N2Cc3cnn(C)c3Nc3ccccc32)ccc1CNC(=O)N1CCN(Cc2cc(O)cc(O)c2)CC1.O=C(n1ccnc1)n1ccnc1. The average molecular weight is 744 g/mol. The van der Waals surface area contributed by atoms with E-state index >= 15 is 0 Å². The summed E-state index contributed by atoms with van der Waals surface area (Å²) >= 11 is 0. The third kappa shape index (κ3) is 8.34. The Bertz CT molecular complexity index is 2240. The number of hydrogen-bond donors (Lipinski definition) is 4. The van der Waals surface area contributed by atoms with Gasteiger partial charge < -0.3 is 30.6 Å². The number of rotatable bonds is 5. The zero-order chi connectivity index (χ0) is 38.5. The van der Waals surface area contributed by atoms with Crippen molar-refractivity contribution in [1.82, 2.24) is 44.0 Å². The standard InChI is InChI=1S/C32H35N7O4.C7H6N4O/c1-21-13-23(31(42)39-20-25-18-34-36(2)30(25)35-28-5-3-4-6-29(28)39)7-8-24(21)17-33-32(43)38-11-9-37(10-12-38)19-22-14-26(40)16-27(41)15-22;12-7(10-3-1-8-5-10)11-4-2-9-6-11/h3-8,13-16,18,35,40-41H,9-12,17,19-20H2,1-2H3,(H,33,43);1-6H. The van der Waals surface area contributed by atoms with Crippen LogP contribution in [-0.2, 0) is 26.7 Å². The molecule has 16 nitrogen and oxygen atoms in total. The van der Waals surface area contributed by atoms with Crippen molar-refractivity contribution in [3.05, 3.63) is 132 Å². The first-order valence-corrected chi connectivity index (χ1v) is 17.7. The van der Waals surface area contributed by atoms with E-state index in [2.05, 4.69) is 30.6 Å². The zero-order valence-corrected chi connectivity index (χ0v) is 30.4. The molecule has 5 heterocycles. The minimum absolute atomic E-state index is 0.0357. The fourth-order valence-corrected chi connectivity index (χ4v) is 6.60. The van der Waals surface area contributed by atoms with Crippen LogP contribution in [0.15, 0.2) is 104 Å². The number of nitrogens with one attached hydrogen (secondary N) is 2. The fourth-order valence-electron chi connectivity index (χ4n) is 6.60. The molecule has 3 aromatic heterocycles. The smallest absolute Gasteiger partial charge is 0.338 e. The summed E-state index contributed by atoms with van der Waals surface area (Å²) in [4.78, 5) is 51.4. The molecule has 0 aliphatic carbocycles. The Hall–Kier alpha value is -6.94. The van der Waals surface area contributed by atoms with Gasteiger partial charge in [0.1, 0.15) is 30.0 Å². The van der Waals surface area contributed by atoms with Crippen LogP contribution in [0, 0.1) is 6.92 Å². The molecule has 4 N–H and O–H groups in total. The molecule has 0 atom stereocenters. The number of imidazole rings is 2. The molecular formula is C39H41N11O5. The number of anilines is 3. The van der Waals surface area contributed by atoms with Crippen molar-refractivity contribution in [3.63, 3.8) is 0 Å². The first-order chi connectivity index (χ1) is 26.6. The molecule has 2 aliphatic rings. The maximum atomic E-state index is 13.8. The predicted octanol–water partition coefficient (Wildman–Crippen LogP) is 4.67. The lowest BCUT2D eigenvalue weighted by atomic mass is 10.0. The minimum atomic E-state index is -0.190. The average Bonchev–Trinajstić information content (AvgIpc) is 3.96. The summed E-state index contributed by atoms with van der Waals surface area (Å²) < 4.78 is 4.53. The van der Waals surface area contributed by atoms with E-state index in [4.69, 9.17) is 0 Å². The van der Waals surface area contributed by atoms with Gasteiger partial charge >= 0.3 is 12.1 Å². The van der Waals surface area contributed by atoms with Gasteiger partial charge in [-0.25, -0.2) is 19.6 Å². The van der Waals surface area contributed by atoms with E-state index in [1.165, 1.54) is 27.9 Å². The van der Waals surface area contributed by atoms with Crippen molar-refractivity contribution in [2.75, 3.05) is 36.4 Å². The van der Waals surface area contributed by atoms with E-state index in [-0.39, 0.29) is 29.5 Å². The van der Waals surface area contributed by atoms with Crippen LogP contribution in [0.25, 0.3) is 0 Å². The molecule has 0 saturated carbocycles. The lowest BCUT2D eigenvalue weighted by Gasteiger charge is -2.34. The Labute approximate surface area is 316 Å². The molecule has 282 valence electrons. The van der Waals surface area contributed by atoms with Crippen LogP contribution >= 0.6 is 0 Å². The highest BCUT2D eigenvalue weighted by atomic mass is 16.3. The molecule has 1 fully saturated rings. The molecule has 2 aliphatic heterocycles. The molecule has 0 bridgehead atoms. The van der Waals surface area contributed by atoms with Crippen molar-refractivity contribution in [1.29, 1.82) is 0 Å². The number of aromatic hydroxyl groups is 2. The van der Waals surface area contributed by atoms with E-state index in [9.17, 15) is 24.6 Å². The zero-order valence-electron chi connectivity index (χ0n) is 30.4. The molecule has 0 radical (unpaired) electrons. The number of phenols is 2. The first kappa shape index (κ1) is 36.4.